The van der Waals surface area contributed by atoms with Crippen LogP contribution < -0.4 is 5.73 Å². The van der Waals surface area contributed by atoms with E-state index >= 15 is 0 Å². The van der Waals surface area contributed by atoms with Gasteiger partial charge in [-0.2, -0.15) is 0 Å². The molecule has 0 radical (unpaired) electrons. The van der Waals surface area contributed by atoms with Gasteiger partial charge in [0.25, 0.3) is 0 Å². The van der Waals surface area contributed by atoms with Gasteiger partial charge in [-0.1, -0.05) is 11.8 Å². The third-order valence-electron chi connectivity index (χ3n) is 1.10. The normalized spacial score (nSPS) is 10.2. The summed E-state index contributed by atoms with van der Waals surface area (Å²) in [4.78, 5) is 5.46. The van der Waals surface area contributed by atoms with Crippen molar-refractivity contribution in [2.75, 3.05) is 12.8 Å². The molecule has 0 fully saturated rings. The number of nitrogens with two attached hydrogens (primary N) is 1. The van der Waals surface area contributed by atoms with Crippen LogP contribution in [-0.4, -0.2) is 17.8 Å². The highest BCUT2D eigenvalue weighted by Crippen LogP contribution is 2.21. The van der Waals surface area contributed by atoms with Gasteiger partial charge >= 0.3 is 0 Å². The Morgan fingerprint density at radius 1 is 1.80 bits per heavy atom. The van der Waals surface area contributed by atoms with Crippen molar-refractivity contribution in [1.29, 1.82) is 0 Å². The number of hydrogen-bond acceptors (Lipinski definition) is 4. The van der Waals surface area contributed by atoms with Gasteiger partial charge in [-0.3, -0.25) is 0 Å². The van der Waals surface area contributed by atoms with Crippen molar-refractivity contribution < 1.29 is 0 Å². The largest absolute Gasteiger partial charge is 0.330 e. The Morgan fingerprint density at radius 2 is 2.60 bits per heavy atom. The van der Waals surface area contributed by atoms with Crippen LogP contribution in [0.15, 0.2) is 10.5 Å². The van der Waals surface area contributed by atoms with Crippen LogP contribution in [0.1, 0.15) is 4.88 Å². The lowest BCUT2D eigenvalue weighted by Gasteiger charge is -1.86. The second kappa shape index (κ2) is 3.95. The SMILES string of the molecule is CSc1ncc(CCN)s1. The number of thiazole rings is 1. The van der Waals surface area contributed by atoms with E-state index in [0.29, 0.717) is 0 Å². The number of rotatable bonds is 3. The molecular formula is C6H10N2S2. The average molecular weight is 174 g/mol. The summed E-state index contributed by atoms with van der Waals surface area (Å²) in [6.07, 6.45) is 4.90. The fourth-order valence-corrected chi connectivity index (χ4v) is 2.11. The standard InChI is InChI=1S/C6H10N2S2/c1-9-6-8-4-5(10-6)2-3-7/h4H,2-3,7H2,1H3. The van der Waals surface area contributed by atoms with Crippen LogP contribution in [0.25, 0.3) is 0 Å². The molecule has 0 saturated heterocycles. The molecule has 0 bridgehead atoms. The maximum atomic E-state index is 5.38. The molecule has 10 heavy (non-hydrogen) atoms. The predicted octanol–water partition coefficient (Wildman–Crippen LogP) is 1.37. The lowest BCUT2D eigenvalue weighted by atomic mass is 10.4. The summed E-state index contributed by atoms with van der Waals surface area (Å²) in [5.74, 6) is 0. The van der Waals surface area contributed by atoms with Gasteiger partial charge in [0.1, 0.15) is 4.34 Å². The minimum Gasteiger partial charge on any atom is -0.330 e. The van der Waals surface area contributed by atoms with Gasteiger partial charge in [0.15, 0.2) is 0 Å². The molecule has 0 unspecified atom stereocenters. The molecule has 1 heterocycles. The number of nitrogens with zero attached hydrogens (tertiary/aromatic N) is 1. The number of thioether (sulfide) groups is 1. The second-order valence-electron chi connectivity index (χ2n) is 1.84. The van der Waals surface area contributed by atoms with Crippen molar-refractivity contribution in [3.63, 3.8) is 0 Å². The first-order valence-electron chi connectivity index (χ1n) is 3.05. The minimum atomic E-state index is 0.718. The highest BCUT2D eigenvalue weighted by molar-refractivity contribution is 8.00. The van der Waals surface area contributed by atoms with Crippen molar-refractivity contribution in [1.82, 2.24) is 4.98 Å². The van der Waals surface area contributed by atoms with Crippen LogP contribution in [0.2, 0.25) is 0 Å². The summed E-state index contributed by atoms with van der Waals surface area (Å²) in [6.45, 7) is 0.718. The minimum absolute atomic E-state index is 0.718. The van der Waals surface area contributed by atoms with Crippen LogP contribution in [0, 0.1) is 0 Å². The molecule has 0 aliphatic heterocycles. The molecule has 0 spiro atoms. The maximum absolute atomic E-state index is 5.38. The highest BCUT2D eigenvalue weighted by atomic mass is 32.2. The first-order valence-corrected chi connectivity index (χ1v) is 5.09. The zero-order chi connectivity index (χ0) is 7.40. The third kappa shape index (κ3) is 1.97. The van der Waals surface area contributed by atoms with E-state index in [4.69, 9.17) is 5.73 Å². The average Bonchev–Trinajstić information content (AvgIpc) is 2.37. The van der Waals surface area contributed by atoms with Gasteiger partial charge in [-0.05, 0) is 19.2 Å². The third-order valence-corrected chi connectivity index (χ3v) is 3.15. The Kier molecular flexibility index (Phi) is 3.18. The lowest BCUT2D eigenvalue weighted by Crippen LogP contribution is -2.00. The van der Waals surface area contributed by atoms with Gasteiger partial charge in [0.2, 0.25) is 0 Å². The smallest absolute Gasteiger partial charge is 0.149 e. The van der Waals surface area contributed by atoms with Crippen LogP contribution in [0.4, 0.5) is 0 Å². The molecule has 1 rings (SSSR count). The van der Waals surface area contributed by atoms with Gasteiger partial charge in [0, 0.05) is 11.1 Å². The van der Waals surface area contributed by atoms with Crippen LogP contribution in [0.3, 0.4) is 0 Å². The molecule has 1 aromatic heterocycles. The molecular weight excluding hydrogens is 164 g/mol. The molecule has 0 atom stereocenters. The summed E-state index contributed by atoms with van der Waals surface area (Å²) in [5.41, 5.74) is 5.38. The topological polar surface area (TPSA) is 38.9 Å². The maximum Gasteiger partial charge on any atom is 0.149 e. The summed E-state index contributed by atoms with van der Waals surface area (Å²) < 4.78 is 1.13. The molecule has 0 aliphatic carbocycles. The van der Waals surface area contributed by atoms with E-state index in [9.17, 15) is 0 Å². The number of aromatic nitrogens is 1. The van der Waals surface area contributed by atoms with Crippen LogP contribution >= 0.6 is 23.1 Å². The Hall–Kier alpha value is -0.0600. The Balaban J connectivity index is 2.59. The summed E-state index contributed by atoms with van der Waals surface area (Å²) in [6, 6.07) is 0. The van der Waals surface area contributed by atoms with E-state index in [-0.39, 0.29) is 0 Å². The number of hydrogen-bond donors (Lipinski definition) is 1. The fourth-order valence-electron chi connectivity index (χ4n) is 0.642. The Morgan fingerprint density at radius 3 is 3.10 bits per heavy atom. The van der Waals surface area contributed by atoms with E-state index in [2.05, 4.69) is 4.98 Å². The van der Waals surface area contributed by atoms with Gasteiger partial charge in [-0.15, -0.1) is 11.3 Å². The molecule has 4 heteroatoms. The molecule has 2 nitrogen and oxygen atoms in total. The van der Waals surface area contributed by atoms with E-state index < -0.39 is 0 Å². The van der Waals surface area contributed by atoms with E-state index in [1.165, 1.54) is 4.88 Å². The second-order valence-corrected chi connectivity index (χ2v) is 4.00. The first kappa shape index (κ1) is 8.04. The van der Waals surface area contributed by atoms with Crippen LogP contribution in [0.5, 0.6) is 0 Å². The summed E-state index contributed by atoms with van der Waals surface area (Å²) in [7, 11) is 0. The Labute approximate surface area is 68.8 Å². The molecule has 0 aromatic carbocycles. The van der Waals surface area contributed by atoms with Gasteiger partial charge < -0.3 is 5.73 Å². The quantitative estimate of drug-likeness (QED) is 0.703. The van der Waals surface area contributed by atoms with Crippen molar-refractivity contribution in [3.05, 3.63) is 11.1 Å². The van der Waals surface area contributed by atoms with Crippen LogP contribution in [-0.2, 0) is 6.42 Å². The molecule has 0 aliphatic rings. The Bertz CT molecular complexity index is 197. The lowest BCUT2D eigenvalue weighted by molar-refractivity contribution is 0.983. The first-order chi connectivity index (χ1) is 4.86. The molecule has 0 amide bonds. The van der Waals surface area contributed by atoms with Crippen molar-refractivity contribution in [2.45, 2.75) is 10.8 Å². The van der Waals surface area contributed by atoms with Gasteiger partial charge in [-0.25, -0.2) is 4.98 Å². The zero-order valence-electron chi connectivity index (χ0n) is 5.83. The molecule has 0 saturated carbocycles. The molecule has 56 valence electrons. The van der Waals surface area contributed by atoms with Gasteiger partial charge in [0.05, 0.1) is 0 Å². The van der Waals surface area contributed by atoms with E-state index in [1.807, 2.05) is 12.5 Å². The summed E-state index contributed by atoms with van der Waals surface area (Å²) >= 11 is 3.41. The highest BCUT2D eigenvalue weighted by Gasteiger charge is 1.97. The van der Waals surface area contributed by atoms with E-state index in [0.717, 1.165) is 17.3 Å². The van der Waals surface area contributed by atoms with Crippen molar-refractivity contribution in [2.24, 2.45) is 5.73 Å². The van der Waals surface area contributed by atoms with E-state index in [1.54, 1.807) is 23.1 Å². The predicted molar refractivity (Wildman–Crippen MR) is 46.7 cm³/mol. The molecule has 1 aromatic rings. The van der Waals surface area contributed by atoms with Crippen molar-refractivity contribution >= 4 is 23.1 Å². The molecule has 2 N–H and O–H groups in total. The fraction of sp³-hybridized carbons (Fsp3) is 0.500. The monoisotopic (exact) mass is 174 g/mol. The summed E-state index contributed by atoms with van der Waals surface area (Å²) in [5, 5.41) is 0. The zero-order valence-corrected chi connectivity index (χ0v) is 7.47. The van der Waals surface area contributed by atoms with Crippen molar-refractivity contribution in [3.8, 4) is 0 Å².